The van der Waals surface area contributed by atoms with Gasteiger partial charge in [-0.2, -0.15) is 11.3 Å². The number of nitrogens with one attached hydrogen (secondary N) is 1. The predicted molar refractivity (Wildman–Crippen MR) is 126 cm³/mol. The van der Waals surface area contributed by atoms with E-state index in [0.717, 1.165) is 41.0 Å². The Hall–Kier alpha value is -2.96. The lowest BCUT2D eigenvalue weighted by atomic mass is 10.0. The highest BCUT2D eigenvalue weighted by Gasteiger charge is 2.12. The second kappa shape index (κ2) is 8.42. The number of furan rings is 1. The number of benzene rings is 1. The minimum Gasteiger partial charge on any atom is -0.472 e. The molecule has 6 heteroatoms. The molecule has 5 rings (SSSR count). The molecular weight excluding hydrogens is 410 g/mol. The first-order valence-corrected chi connectivity index (χ1v) is 11.7. The van der Waals surface area contributed by atoms with E-state index in [9.17, 15) is 0 Å². The zero-order chi connectivity index (χ0) is 20.3. The van der Waals surface area contributed by atoms with Gasteiger partial charge < -0.3 is 9.73 Å². The van der Waals surface area contributed by atoms with E-state index in [4.69, 9.17) is 14.4 Å². The van der Waals surface area contributed by atoms with E-state index >= 15 is 0 Å². The first-order chi connectivity index (χ1) is 14.8. The number of rotatable bonds is 7. The number of nitrogens with zero attached hydrogens (tertiary/aromatic N) is 2. The summed E-state index contributed by atoms with van der Waals surface area (Å²) in [5.41, 5.74) is 4.83. The van der Waals surface area contributed by atoms with E-state index in [1.807, 2.05) is 6.07 Å². The van der Waals surface area contributed by atoms with Crippen LogP contribution in [0.4, 0.5) is 5.82 Å². The summed E-state index contributed by atoms with van der Waals surface area (Å²) in [6, 6.07) is 15.1. The number of anilines is 1. The standard InChI is InChI=1S/C24H21N3OS2/c1-16-13-21-23(26-22(27-24(21)30-16)19-8-11-28-14-19)25-10-2-3-17-4-6-18(7-5-17)20-9-12-29-15-20/h4-9,11-15H,2-3,10H2,1H3,(H,25,26,27). The zero-order valence-electron chi connectivity index (χ0n) is 16.6. The number of hydrogen-bond donors (Lipinski definition) is 1. The fraction of sp³-hybridized carbons (Fsp3) is 0.167. The van der Waals surface area contributed by atoms with Crippen molar-refractivity contribution in [2.75, 3.05) is 11.9 Å². The molecule has 0 saturated carbocycles. The van der Waals surface area contributed by atoms with Crippen molar-refractivity contribution in [3.05, 3.63) is 76.2 Å². The molecule has 4 aromatic heterocycles. The van der Waals surface area contributed by atoms with Gasteiger partial charge in [-0.1, -0.05) is 24.3 Å². The molecule has 0 radical (unpaired) electrons. The minimum atomic E-state index is 0.699. The topological polar surface area (TPSA) is 51.0 Å². The highest BCUT2D eigenvalue weighted by atomic mass is 32.1. The van der Waals surface area contributed by atoms with Crippen molar-refractivity contribution in [2.45, 2.75) is 19.8 Å². The van der Waals surface area contributed by atoms with Crippen molar-refractivity contribution in [1.82, 2.24) is 9.97 Å². The highest BCUT2D eigenvalue weighted by molar-refractivity contribution is 7.18. The molecule has 0 atom stereocenters. The van der Waals surface area contributed by atoms with Crippen LogP contribution in [0.2, 0.25) is 0 Å². The highest BCUT2D eigenvalue weighted by Crippen LogP contribution is 2.31. The largest absolute Gasteiger partial charge is 0.472 e. The van der Waals surface area contributed by atoms with Gasteiger partial charge in [0.05, 0.1) is 17.2 Å². The second-order valence-corrected chi connectivity index (χ2v) is 9.24. The molecule has 0 aliphatic rings. The third kappa shape index (κ3) is 4.01. The first-order valence-electron chi connectivity index (χ1n) is 9.92. The quantitative estimate of drug-likeness (QED) is 0.281. The molecule has 30 heavy (non-hydrogen) atoms. The third-order valence-electron chi connectivity index (χ3n) is 5.04. The Labute approximate surface area is 183 Å². The minimum absolute atomic E-state index is 0.699. The molecule has 0 aliphatic carbocycles. The summed E-state index contributed by atoms with van der Waals surface area (Å²) in [6.07, 6.45) is 5.40. The summed E-state index contributed by atoms with van der Waals surface area (Å²) in [7, 11) is 0. The lowest BCUT2D eigenvalue weighted by molar-refractivity contribution is 0.568. The Morgan fingerprint density at radius 3 is 2.67 bits per heavy atom. The van der Waals surface area contributed by atoms with E-state index < -0.39 is 0 Å². The van der Waals surface area contributed by atoms with E-state index in [1.165, 1.54) is 21.6 Å². The predicted octanol–water partition coefficient (Wildman–Crippen LogP) is 7.03. The Balaban J connectivity index is 1.26. The molecule has 0 unspecified atom stereocenters. The summed E-state index contributed by atoms with van der Waals surface area (Å²) in [5.74, 6) is 1.60. The van der Waals surface area contributed by atoms with E-state index in [1.54, 1.807) is 35.2 Å². The normalized spacial score (nSPS) is 11.2. The molecule has 0 bridgehead atoms. The molecule has 4 heterocycles. The van der Waals surface area contributed by atoms with Gasteiger partial charge >= 0.3 is 0 Å². The van der Waals surface area contributed by atoms with E-state index in [-0.39, 0.29) is 0 Å². The smallest absolute Gasteiger partial charge is 0.166 e. The van der Waals surface area contributed by atoms with Crippen LogP contribution in [0.1, 0.15) is 16.9 Å². The van der Waals surface area contributed by atoms with Gasteiger partial charge in [-0.25, -0.2) is 9.97 Å². The summed E-state index contributed by atoms with van der Waals surface area (Å²) >= 11 is 3.43. The number of aryl methyl sites for hydroxylation is 2. The molecule has 0 saturated heterocycles. The van der Waals surface area contributed by atoms with Crippen LogP contribution in [0, 0.1) is 6.92 Å². The summed E-state index contributed by atoms with van der Waals surface area (Å²) in [6.45, 7) is 2.96. The van der Waals surface area contributed by atoms with Gasteiger partial charge in [0.2, 0.25) is 0 Å². The number of aromatic nitrogens is 2. The summed E-state index contributed by atoms with van der Waals surface area (Å²) in [5, 5.41) is 8.92. The number of thiophene rings is 2. The van der Waals surface area contributed by atoms with Crippen molar-refractivity contribution >= 4 is 38.7 Å². The van der Waals surface area contributed by atoms with E-state index in [0.29, 0.717) is 5.82 Å². The van der Waals surface area contributed by atoms with Crippen LogP contribution < -0.4 is 5.32 Å². The molecule has 0 fully saturated rings. The van der Waals surface area contributed by atoms with Crippen LogP contribution in [-0.2, 0) is 6.42 Å². The summed E-state index contributed by atoms with van der Waals surface area (Å²) in [4.78, 5) is 11.7. The molecule has 4 nitrogen and oxygen atoms in total. The van der Waals surface area contributed by atoms with Crippen LogP contribution in [0.15, 0.2) is 70.2 Å². The molecule has 5 aromatic rings. The Kier molecular flexibility index (Phi) is 5.34. The maximum absolute atomic E-state index is 5.21. The van der Waals surface area contributed by atoms with Gasteiger partial charge in [0, 0.05) is 11.4 Å². The van der Waals surface area contributed by atoms with Crippen LogP contribution in [0.25, 0.3) is 32.7 Å². The van der Waals surface area contributed by atoms with Gasteiger partial charge in [0.15, 0.2) is 5.82 Å². The summed E-state index contributed by atoms with van der Waals surface area (Å²) < 4.78 is 5.21. The van der Waals surface area contributed by atoms with Gasteiger partial charge in [0.25, 0.3) is 0 Å². The van der Waals surface area contributed by atoms with Gasteiger partial charge in [-0.05, 0) is 65.4 Å². The van der Waals surface area contributed by atoms with Crippen LogP contribution in [-0.4, -0.2) is 16.5 Å². The maximum Gasteiger partial charge on any atom is 0.166 e. The van der Waals surface area contributed by atoms with Gasteiger partial charge in [0.1, 0.15) is 16.9 Å². The third-order valence-corrected chi connectivity index (χ3v) is 6.67. The van der Waals surface area contributed by atoms with Crippen molar-refractivity contribution in [3.8, 4) is 22.5 Å². The first kappa shape index (κ1) is 19.0. The molecule has 1 aromatic carbocycles. The fourth-order valence-electron chi connectivity index (χ4n) is 3.49. The fourth-order valence-corrected chi connectivity index (χ4v) is 5.03. The van der Waals surface area contributed by atoms with E-state index in [2.05, 4.69) is 59.4 Å². The molecule has 0 spiro atoms. The number of fused-ring (bicyclic) bond motifs is 1. The van der Waals surface area contributed by atoms with Crippen molar-refractivity contribution in [1.29, 1.82) is 0 Å². The molecule has 150 valence electrons. The lowest BCUT2D eigenvalue weighted by Gasteiger charge is -2.09. The second-order valence-electron chi connectivity index (χ2n) is 7.22. The van der Waals surface area contributed by atoms with Crippen molar-refractivity contribution in [3.63, 3.8) is 0 Å². The maximum atomic E-state index is 5.21. The van der Waals surface area contributed by atoms with Crippen LogP contribution >= 0.6 is 22.7 Å². The monoisotopic (exact) mass is 431 g/mol. The van der Waals surface area contributed by atoms with Crippen LogP contribution in [0.5, 0.6) is 0 Å². The Bertz CT molecular complexity index is 1240. The molecule has 0 aliphatic heterocycles. The Morgan fingerprint density at radius 1 is 1.00 bits per heavy atom. The van der Waals surface area contributed by atoms with Gasteiger partial charge in [-0.3, -0.25) is 0 Å². The average molecular weight is 432 g/mol. The lowest BCUT2D eigenvalue weighted by Crippen LogP contribution is -2.06. The molecular formula is C24H21N3OS2. The zero-order valence-corrected chi connectivity index (χ0v) is 18.2. The molecule has 0 amide bonds. The SMILES string of the molecule is Cc1cc2c(NCCCc3ccc(-c4ccsc4)cc3)nc(-c3ccoc3)nc2s1. The Morgan fingerprint density at radius 2 is 1.90 bits per heavy atom. The van der Waals surface area contributed by atoms with Crippen LogP contribution in [0.3, 0.4) is 0 Å². The molecule has 1 N–H and O–H groups in total. The van der Waals surface area contributed by atoms with Crippen molar-refractivity contribution in [2.24, 2.45) is 0 Å². The van der Waals surface area contributed by atoms with Gasteiger partial charge in [-0.15, -0.1) is 11.3 Å². The van der Waals surface area contributed by atoms with Crippen molar-refractivity contribution < 1.29 is 4.42 Å². The average Bonchev–Trinajstić information content (AvgIpc) is 3.52. The number of hydrogen-bond acceptors (Lipinski definition) is 6.